The van der Waals surface area contributed by atoms with Crippen LogP contribution in [0, 0.1) is 5.92 Å². The molecule has 108 valence electrons. The largest absolute Gasteiger partial charge is 0.375 e. The van der Waals surface area contributed by atoms with Crippen molar-refractivity contribution in [2.45, 2.75) is 46.0 Å². The zero-order chi connectivity index (χ0) is 14.1. The molecule has 1 rings (SSSR count). The van der Waals surface area contributed by atoms with Crippen molar-refractivity contribution in [2.75, 3.05) is 25.0 Å². The Kier molecular flexibility index (Phi) is 7.57. The van der Waals surface area contributed by atoms with E-state index in [1.165, 1.54) is 36.9 Å². The fourth-order valence-electron chi connectivity index (χ4n) is 2.52. The lowest BCUT2D eigenvalue weighted by molar-refractivity contribution is 0.431. The molecule has 1 aromatic rings. The third-order valence-corrected chi connectivity index (χ3v) is 4.04. The van der Waals surface area contributed by atoms with E-state index in [4.69, 9.17) is 5.73 Å². The van der Waals surface area contributed by atoms with E-state index in [2.05, 4.69) is 50.1 Å². The van der Waals surface area contributed by atoms with Crippen LogP contribution in [0.1, 0.15) is 45.1 Å². The molecule has 2 heteroatoms. The van der Waals surface area contributed by atoms with E-state index in [1.54, 1.807) is 0 Å². The Balaban J connectivity index is 2.35. The molecule has 0 bridgehead atoms. The van der Waals surface area contributed by atoms with Gasteiger partial charge in [-0.05, 0) is 55.8 Å². The highest BCUT2D eigenvalue weighted by Crippen LogP contribution is 2.18. The van der Waals surface area contributed by atoms with Crippen molar-refractivity contribution in [3.63, 3.8) is 0 Å². The van der Waals surface area contributed by atoms with Gasteiger partial charge in [-0.2, -0.15) is 0 Å². The standard InChI is InChI=1S/C17H30N2/c1-4-15(12-13-18)7-6-14-19(3)17-10-8-16(5-2)9-11-17/h8-11,15H,4-7,12-14,18H2,1-3H3. The molecule has 0 aliphatic heterocycles. The normalized spacial score (nSPS) is 12.4. The molecule has 0 amide bonds. The summed E-state index contributed by atoms with van der Waals surface area (Å²) in [5.74, 6) is 0.806. The van der Waals surface area contributed by atoms with E-state index in [-0.39, 0.29) is 0 Å². The van der Waals surface area contributed by atoms with Gasteiger partial charge in [0.15, 0.2) is 0 Å². The summed E-state index contributed by atoms with van der Waals surface area (Å²) in [7, 11) is 2.19. The van der Waals surface area contributed by atoms with Crippen molar-refractivity contribution < 1.29 is 0 Å². The molecule has 2 nitrogen and oxygen atoms in total. The molecule has 0 aliphatic carbocycles. The molecular weight excluding hydrogens is 232 g/mol. The van der Waals surface area contributed by atoms with Gasteiger partial charge in [0.25, 0.3) is 0 Å². The van der Waals surface area contributed by atoms with Gasteiger partial charge in [-0.3, -0.25) is 0 Å². The Morgan fingerprint density at radius 2 is 1.79 bits per heavy atom. The van der Waals surface area contributed by atoms with Crippen LogP contribution in [0.5, 0.6) is 0 Å². The first-order chi connectivity index (χ1) is 9.21. The second kappa shape index (κ2) is 8.98. The molecule has 1 atom stereocenters. The number of nitrogens with zero attached hydrogens (tertiary/aromatic N) is 1. The molecule has 0 spiro atoms. The summed E-state index contributed by atoms with van der Waals surface area (Å²) >= 11 is 0. The summed E-state index contributed by atoms with van der Waals surface area (Å²) in [4.78, 5) is 2.36. The van der Waals surface area contributed by atoms with Crippen LogP contribution in [0.3, 0.4) is 0 Å². The number of benzene rings is 1. The summed E-state index contributed by atoms with van der Waals surface area (Å²) in [5.41, 5.74) is 8.38. The van der Waals surface area contributed by atoms with E-state index >= 15 is 0 Å². The Hall–Kier alpha value is -1.02. The second-order valence-corrected chi connectivity index (χ2v) is 5.44. The predicted molar refractivity (Wildman–Crippen MR) is 85.8 cm³/mol. The van der Waals surface area contributed by atoms with Gasteiger partial charge in [-0.25, -0.2) is 0 Å². The van der Waals surface area contributed by atoms with E-state index < -0.39 is 0 Å². The minimum absolute atomic E-state index is 0.806. The lowest BCUT2D eigenvalue weighted by Gasteiger charge is -2.21. The van der Waals surface area contributed by atoms with Crippen molar-refractivity contribution in [2.24, 2.45) is 11.7 Å². The topological polar surface area (TPSA) is 29.3 Å². The maximum Gasteiger partial charge on any atom is 0.0363 e. The van der Waals surface area contributed by atoms with Crippen molar-refractivity contribution in [3.05, 3.63) is 29.8 Å². The summed E-state index contributed by atoms with van der Waals surface area (Å²) in [6, 6.07) is 8.93. The number of nitrogens with two attached hydrogens (primary N) is 1. The minimum Gasteiger partial charge on any atom is -0.375 e. The van der Waals surface area contributed by atoms with Crippen LogP contribution in [-0.4, -0.2) is 20.1 Å². The van der Waals surface area contributed by atoms with Gasteiger partial charge in [0.1, 0.15) is 0 Å². The molecule has 0 saturated heterocycles. The third-order valence-electron chi connectivity index (χ3n) is 4.04. The van der Waals surface area contributed by atoms with Gasteiger partial charge in [0.05, 0.1) is 0 Å². The second-order valence-electron chi connectivity index (χ2n) is 5.44. The van der Waals surface area contributed by atoms with Gasteiger partial charge < -0.3 is 10.6 Å². The van der Waals surface area contributed by atoms with E-state index in [1.807, 2.05) is 0 Å². The van der Waals surface area contributed by atoms with Gasteiger partial charge in [0.2, 0.25) is 0 Å². The first-order valence-corrected chi connectivity index (χ1v) is 7.71. The Morgan fingerprint density at radius 3 is 2.32 bits per heavy atom. The van der Waals surface area contributed by atoms with Crippen LogP contribution >= 0.6 is 0 Å². The number of hydrogen-bond acceptors (Lipinski definition) is 2. The summed E-state index contributed by atoms with van der Waals surface area (Å²) in [6.07, 6.45) is 6.09. The fourth-order valence-corrected chi connectivity index (χ4v) is 2.52. The maximum atomic E-state index is 5.64. The van der Waals surface area contributed by atoms with E-state index in [0.29, 0.717) is 0 Å². The Labute approximate surface area is 119 Å². The molecule has 1 aromatic carbocycles. The predicted octanol–water partition coefficient (Wildman–Crippen LogP) is 3.84. The summed E-state index contributed by atoms with van der Waals surface area (Å²) in [5, 5.41) is 0. The van der Waals surface area contributed by atoms with Crippen molar-refractivity contribution >= 4 is 5.69 Å². The summed E-state index contributed by atoms with van der Waals surface area (Å²) < 4.78 is 0. The van der Waals surface area contributed by atoms with E-state index in [9.17, 15) is 0 Å². The van der Waals surface area contributed by atoms with Crippen LogP contribution in [0.25, 0.3) is 0 Å². The van der Waals surface area contributed by atoms with Gasteiger partial charge in [0, 0.05) is 19.3 Å². The SMILES string of the molecule is CCc1ccc(N(C)CCCC(CC)CCN)cc1. The number of aryl methyl sites for hydroxylation is 1. The highest BCUT2D eigenvalue weighted by atomic mass is 15.1. The van der Waals surface area contributed by atoms with Gasteiger partial charge >= 0.3 is 0 Å². The quantitative estimate of drug-likeness (QED) is 0.732. The van der Waals surface area contributed by atoms with Crippen molar-refractivity contribution in [1.82, 2.24) is 0 Å². The van der Waals surface area contributed by atoms with Crippen LogP contribution in [0.15, 0.2) is 24.3 Å². The molecule has 0 heterocycles. The van der Waals surface area contributed by atoms with Crippen molar-refractivity contribution in [3.8, 4) is 0 Å². The molecule has 0 fully saturated rings. The molecule has 0 saturated carbocycles. The zero-order valence-corrected chi connectivity index (χ0v) is 12.9. The molecule has 0 aliphatic rings. The molecular formula is C17H30N2. The molecule has 1 unspecified atom stereocenters. The maximum absolute atomic E-state index is 5.64. The van der Waals surface area contributed by atoms with Gasteiger partial charge in [-0.15, -0.1) is 0 Å². The Bertz CT molecular complexity index is 332. The molecule has 2 N–H and O–H groups in total. The third kappa shape index (κ3) is 5.65. The zero-order valence-electron chi connectivity index (χ0n) is 12.9. The summed E-state index contributed by atoms with van der Waals surface area (Å²) in [6.45, 7) is 6.42. The lowest BCUT2D eigenvalue weighted by atomic mass is 9.96. The van der Waals surface area contributed by atoms with Crippen LogP contribution in [0.2, 0.25) is 0 Å². The first-order valence-electron chi connectivity index (χ1n) is 7.71. The lowest BCUT2D eigenvalue weighted by Crippen LogP contribution is -2.19. The molecule has 0 aromatic heterocycles. The number of anilines is 1. The fraction of sp³-hybridized carbons (Fsp3) is 0.647. The van der Waals surface area contributed by atoms with Crippen molar-refractivity contribution in [1.29, 1.82) is 0 Å². The minimum atomic E-state index is 0.806. The highest BCUT2D eigenvalue weighted by Gasteiger charge is 2.06. The number of rotatable bonds is 9. The van der Waals surface area contributed by atoms with Crippen LogP contribution < -0.4 is 10.6 Å². The monoisotopic (exact) mass is 262 g/mol. The number of hydrogen-bond donors (Lipinski definition) is 1. The average Bonchev–Trinajstić information content (AvgIpc) is 2.46. The van der Waals surface area contributed by atoms with E-state index in [0.717, 1.165) is 25.4 Å². The molecule has 19 heavy (non-hydrogen) atoms. The first kappa shape index (κ1) is 16.0. The average molecular weight is 262 g/mol. The van der Waals surface area contributed by atoms with Crippen LogP contribution in [0.4, 0.5) is 5.69 Å². The molecule has 0 radical (unpaired) electrons. The van der Waals surface area contributed by atoms with Gasteiger partial charge in [-0.1, -0.05) is 32.4 Å². The highest BCUT2D eigenvalue weighted by molar-refractivity contribution is 5.46. The Morgan fingerprint density at radius 1 is 1.11 bits per heavy atom. The smallest absolute Gasteiger partial charge is 0.0363 e. The van der Waals surface area contributed by atoms with Crippen LogP contribution in [-0.2, 0) is 6.42 Å².